The van der Waals surface area contributed by atoms with Crippen LogP contribution < -0.4 is 26.0 Å². The molecule has 1 unspecified atom stereocenters. The molecule has 0 radical (unpaired) electrons. The summed E-state index contributed by atoms with van der Waals surface area (Å²) >= 11 is 0. The van der Waals surface area contributed by atoms with Crippen LogP contribution in [0.4, 0.5) is 27.9 Å². The molecule has 1 atom stereocenters. The topological polar surface area (TPSA) is 207 Å². The maximum atomic E-state index is 13.7. The Morgan fingerprint density at radius 3 is 2.09 bits per heavy atom. The Hall–Kier alpha value is -6.76. The van der Waals surface area contributed by atoms with E-state index in [1.807, 2.05) is 40.3 Å². The fraction of sp³-hybridized carbons (Fsp3) is 0.510. The standard InChI is InChI=1S/C49H62N12O7/c1-32-28-37(11-13-39(32)46(66)60(31-63)41(10-7-27-62)45(65)50-4)56-23-25-59(26-24-56)49(68)58-17-15-35(16-18-58)55-19-21-57(22-20-55)38-12-14-42(51-29-38)53-48-52-30-40-33(2)43(34(3)64)47(67)61(44(40)54-48)36-8-5-6-9-36/h11-14,27-31,35-36,41H,5-10,15-26H2,1-4H3,(H,50,65)(H,51,52,53,54). The molecule has 19 heteroatoms. The van der Waals surface area contributed by atoms with Gasteiger partial charge in [0.2, 0.25) is 18.3 Å². The third kappa shape index (κ3) is 9.93. The number of imide groups is 1. The van der Waals surface area contributed by atoms with Gasteiger partial charge in [-0.1, -0.05) is 12.8 Å². The molecule has 1 saturated carbocycles. The van der Waals surface area contributed by atoms with Crippen molar-refractivity contribution in [3.8, 4) is 0 Å². The van der Waals surface area contributed by atoms with E-state index in [1.54, 1.807) is 30.7 Å². The fourth-order valence-corrected chi connectivity index (χ4v) is 10.5. The van der Waals surface area contributed by atoms with E-state index in [2.05, 4.69) is 35.3 Å². The number of anilines is 4. The Morgan fingerprint density at radius 2 is 1.47 bits per heavy atom. The minimum Gasteiger partial charge on any atom is -0.368 e. The summed E-state index contributed by atoms with van der Waals surface area (Å²) in [5.74, 6) is -0.450. The van der Waals surface area contributed by atoms with Crippen LogP contribution in [-0.2, 0) is 14.4 Å². The largest absolute Gasteiger partial charge is 0.368 e. The molecule has 68 heavy (non-hydrogen) atoms. The summed E-state index contributed by atoms with van der Waals surface area (Å²) in [5, 5.41) is 6.39. The second-order valence-electron chi connectivity index (χ2n) is 18.3. The van der Waals surface area contributed by atoms with Gasteiger partial charge in [-0.25, -0.2) is 14.8 Å². The lowest BCUT2D eigenvalue weighted by atomic mass is 10.0. The van der Waals surface area contributed by atoms with Crippen LogP contribution in [0.25, 0.3) is 11.0 Å². The van der Waals surface area contributed by atoms with Crippen LogP contribution in [0.2, 0.25) is 0 Å². The van der Waals surface area contributed by atoms with Crippen LogP contribution in [0.1, 0.15) is 96.2 Å². The number of aromatic nitrogens is 4. The number of pyridine rings is 2. The van der Waals surface area contributed by atoms with Crippen molar-refractivity contribution in [2.24, 2.45) is 0 Å². The lowest BCUT2D eigenvalue weighted by molar-refractivity contribution is -0.131. The molecule has 4 aromatic rings. The van der Waals surface area contributed by atoms with E-state index in [9.17, 15) is 33.6 Å². The third-order valence-electron chi connectivity index (χ3n) is 14.3. The molecule has 6 heterocycles. The van der Waals surface area contributed by atoms with E-state index in [0.29, 0.717) is 97.5 Å². The number of aryl methyl sites for hydroxylation is 2. The molecule has 0 spiro atoms. The van der Waals surface area contributed by atoms with Crippen LogP contribution in [-0.4, -0.2) is 160 Å². The Balaban J connectivity index is 0.793. The maximum Gasteiger partial charge on any atom is 0.320 e. The number of Topliss-reactive ketones (excluding diaryl/α,β-unsaturated/α-hetero) is 1. The lowest BCUT2D eigenvalue weighted by Crippen LogP contribution is -2.57. The van der Waals surface area contributed by atoms with E-state index in [1.165, 1.54) is 14.0 Å². The number of fused-ring (bicyclic) bond motifs is 1. The summed E-state index contributed by atoms with van der Waals surface area (Å²) in [6.45, 7) is 12.4. The van der Waals surface area contributed by atoms with Gasteiger partial charge >= 0.3 is 6.03 Å². The highest BCUT2D eigenvalue weighted by Gasteiger charge is 2.34. The van der Waals surface area contributed by atoms with Gasteiger partial charge in [-0.05, 0) is 94.3 Å². The molecule has 1 aromatic carbocycles. The molecule has 3 saturated heterocycles. The number of rotatable bonds is 14. The highest BCUT2D eigenvalue weighted by molar-refractivity contribution is 6.04. The van der Waals surface area contributed by atoms with Gasteiger partial charge in [0.25, 0.3) is 11.5 Å². The Labute approximate surface area is 395 Å². The van der Waals surface area contributed by atoms with Gasteiger partial charge in [-0.3, -0.25) is 38.3 Å². The number of ketones is 1. The highest BCUT2D eigenvalue weighted by Crippen LogP contribution is 2.32. The molecule has 360 valence electrons. The average Bonchev–Trinajstić information content (AvgIpc) is 3.89. The number of nitrogens with one attached hydrogen (secondary N) is 2. The van der Waals surface area contributed by atoms with Gasteiger partial charge in [-0.2, -0.15) is 4.98 Å². The van der Waals surface area contributed by atoms with Gasteiger partial charge in [0.05, 0.1) is 17.4 Å². The minimum absolute atomic E-state index is 0.00146. The molecule has 19 nitrogen and oxygen atoms in total. The number of hydrogen-bond acceptors (Lipinski definition) is 14. The van der Waals surface area contributed by atoms with Crippen molar-refractivity contribution >= 4 is 70.5 Å². The molecule has 2 N–H and O–H groups in total. The van der Waals surface area contributed by atoms with E-state index in [4.69, 9.17) is 4.98 Å². The van der Waals surface area contributed by atoms with Crippen molar-refractivity contribution in [1.29, 1.82) is 0 Å². The average molecular weight is 931 g/mol. The van der Waals surface area contributed by atoms with Gasteiger partial charge < -0.3 is 35.0 Å². The first-order chi connectivity index (χ1) is 32.9. The Bertz CT molecular complexity index is 2590. The number of benzene rings is 1. The number of piperazine rings is 2. The molecule has 3 aromatic heterocycles. The minimum atomic E-state index is -1.09. The number of nitrogens with zero attached hydrogens (tertiary/aromatic N) is 10. The van der Waals surface area contributed by atoms with E-state index in [-0.39, 0.29) is 41.8 Å². The SMILES string of the molecule is CNC(=O)C(CCC=O)N(C=O)C(=O)c1ccc(N2CCN(C(=O)N3CCC(N4CCN(c5ccc(Nc6ncc7c(C)c(C(C)=O)c(=O)n(C8CCCC8)c7n6)nc5)CC4)CC3)CC2)cc1C. The van der Waals surface area contributed by atoms with Gasteiger partial charge in [0.1, 0.15) is 23.8 Å². The van der Waals surface area contributed by atoms with Crippen molar-refractivity contribution < 1.29 is 28.8 Å². The summed E-state index contributed by atoms with van der Waals surface area (Å²) in [4.78, 5) is 115. The number of likely N-dealkylation sites (N-methyl/N-ethyl adjacent to an activating group) is 1. The van der Waals surface area contributed by atoms with Crippen molar-refractivity contribution in [1.82, 2.24) is 44.4 Å². The summed E-state index contributed by atoms with van der Waals surface area (Å²) < 4.78 is 1.71. The van der Waals surface area contributed by atoms with E-state index in [0.717, 1.165) is 81.0 Å². The van der Waals surface area contributed by atoms with Gasteiger partial charge in [-0.15, -0.1) is 0 Å². The van der Waals surface area contributed by atoms with Crippen LogP contribution in [0.3, 0.4) is 0 Å². The molecule has 8 rings (SSSR count). The number of urea groups is 1. The zero-order valence-electron chi connectivity index (χ0n) is 39.5. The van der Waals surface area contributed by atoms with Crippen molar-refractivity contribution in [2.75, 3.05) is 87.6 Å². The number of likely N-dealkylation sites (tertiary alicyclic amines) is 1. The number of aldehydes is 1. The van der Waals surface area contributed by atoms with Crippen LogP contribution in [0, 0.1) is 13.8 Å². The molecule has 4 aliphatic rings. The van der Waals surface area contributed by atoms with Crippen LogP contribution in [0.5, 0.6) is 0 Å². The second kappa shape index (κ2) is 21.0. The Kier molecular flexibility index (Phi) is 14.8. The number of amides is 5. The smallest absolute Gasteiger partial charge is 0.320 e. The number of carbonyl (C=O) groups excluding carboxylic acids is 6. The normalized spacial score (nSPS) is 17.8. The van der Waals surface area contributed by atoms with Crippen molar-refractivity contribution in [3.63, 3.8) is 0 Å². The lowest BCUT2D eigenvalue weighted by Gasteiger charge is -2.44. The zero-order chi connectivity index (χ0) is 48.1. The first kappa shape index (κ1) is 47.7. The quantitative estimate of drug-likeness (QED) is 0.135. The summed E-state index contributed by atoms with van der Waals surface area (Å²) in [5.41, 5.74) is 3.95. The fourth-order valence-electron chi connectivity index (χ4n) is 10.5. The number of piperidine rings is 1. The van der Waals surface area contributed by atoms with Crippen LogP contribution in [0.15, 0.2) is 47.5 Å². The summed E-state index contributed by atoms with van der Waals surface area (Å²) in [7, 11) is 1.42. The number of hydrogen-bond donors (Lipinski definition) is 2. The Morgan fingerprint density at radius 1 is 0.809 bits per heavy atom. The molecular weight excluding hydrogens is 869 g/mol. The predicted molar refractivity (Wildman–Crippen MR) is 258 cm³/mol. The first-order valence-corrected chi connectivity index (χ1v) is 23.9. The third-order valence-corrected chi connectivity index (χ3v) is 14.3. The van der Waals surface area contributed by atoms with Gasteiger partial charge in [0.15, 0.2) is 5.78 Å². The monoisotopic (exact) mass is 930 g/mol. The summed E-state index contributed by atoms with van der Waals surface area (Å²) in [6.07, 6.45) is 10.3. The van der Waals surface area contributed by atoms with E-state index >= 15 is 0 Å². The molecule has 5 amide bonds. The predicted octanol–water partition coefficient (Wildman–Crippen LogP) is 4.09. The molecule has 3 aliphatic heterocycles. The second-order valence-corrected chi connectivity index (χ2v) is 18.3. The number of carbonyl (C=O) groups is 6. The molecular formula is C49H62N12O7. The van der Waals surface area contributed by atoms with Crippen molar-refractivity contribution in [2.45, 2.75) is 90.3 Å². The maximum absolute atomic E-state index is 13.7. The van der Waals surface area contributed by atoms with Crippen LogP contribution >= 0.6 is 0 Å². The highest BCUT2D eigenvalue weighted by atomic mass is 16.2. The molecule has 4 fully saturated rings. The summed E-state index contributed by atoms with van der Waals surface area (Å²) in [6, 6.07) is 8.72. The zero-order valence-corrected chi connectivity index (χ0v) is 39.5. The van der Waals surface area contributed by atoms with Gasteiger partial charge in [0, 0.05) is 114 Å². The van der Waals surface area contributed by atoms with E-state index < -0.39 is 17.9 Å². The molecule has 0 bridgehead atoms. The first-order valence-electron chi connectivity index (χ1n) is 23.9. The van der Waals surface area contributed by atoms with Crippen molar-refractivity contribution in [3.05, 3.63) is 75.3 Å². The molecule has 1 aliphatic carbocycles.